The highest BCUT2D eigenvalue weighted by atomic mass is 16.3. The van der Waals surface area contributed by atoms with E-state index in [2.05, 4.69) is 30.3 Å². The maximum Gasteiger partial charge on any atom is 0.0694 e. The summed E-state index contributed by atoms with van der Waals surface area (Å²) >= 11 is 0. The summed E-state index contributed by atoms with van der Waals surface area (Å²) in [4.78, 5) is 0. The van der Waals surface area contributed by atoms with Crippen LogP contribution in [-0.4, -0.2) is 10.2 Å². The molecular formula is C22H18O2. The summed E-state index contributed by atoms with van der Waals surface area (Å²) in [5, 5.41) is 24.3. The smallest absolute Gasteiger partial charge is 0.0694 e. The molecule has 2 nitrogen and oxygen atoms in total. The van der Waals surface area contributed by atoms with Crippen LogP contribution in [-0.2, 0) is 13.2 Å². The minimum Gasteiger partial charge on any atom is -0.392 e. The van der Waals surface area contributed by atoms with Crippen LogP contribution in [0.1, 0.15) is 11.1 Å². The highest BCUT2D eigenvalue weighted by molar-refractivity contribution is 5.95. The number of hydrogen-bond acceptors (Lipinski definition) is 2. The van der Waals surface area contributed by atoms with Gasteiger partial charge in [-0.25, -0.2) is 0 Å². The van der Waals surface area contributed by atoms with Crippen LogP contribution in [0.4, 0.5) is 0 Å². The second kappa shape index (κ2) is 6.08. The third kappa shape index (κ3) is 2.37. The number of rotatable bonds is 3. The highest BCUT2D eigenvalue weighted by Gasteiger charge is 2.14. The predicted molar refractivity (Wildman–Crippen MR) is 98.7 cm³/mol. The minimum atomic E-state index is -0.0590. The molecule has 0 fully saturated rings. The van der Waals surface area contributed by atoms with Gasteiger partial charge < -0.3 is 10.2 Å². The van der Waals surface area contributed by atoms with Gasteiger partial charge in [0, 0.05) is 0 Å². The van der Waals surface area contributed by atoms with Crippen LogP contribution in [0, 0.1) is 0 Å². The van der Waals surface area contributed by atoms with Crippen molar-refractivity contribution in [2.45, 2.75) is 13.2 Å². The maximum absolute atomic E-state index is 10.0. The lowest BCUT2D eigenvalue weighted by atomic mass is 9.89. The van der Waals surface area contributed by atoms with E-state index in [-0.39, 0.29) is 13.2 Å². The Morgan fingerprint density at radius 2 is 1.33 bits per heavy atom. The van der Waals surface area contributed by atoms with E-state index in [1.54, 1.807) is 0 Å². The van der Waals surface area contributed by atoms with Crippen molar-refractivity contribution in [3.05, 3.63) is 83.9 Å². The molecule has 24 heavy (non-hydrogen) atoms. The molecule has 2 N–H and O–H groups in total. The van der Waals surface area contributed by atoms with Gasteiger partial charge in [0.15, 0.2) is 0 Å². The topological polar surface area (TPSA) is 40.5 Å². The van der Waals surface area contributed by atoms with Crippen molar-refractivity contribution in [3.63, 3.8) is 0 Å². The van der Waals surface area contributed by atoms with Crippen LogP contribution in [0.5, 0.6) is 0 Å². The second-order valence-corrected chi connectivity index (χ2v) is 5.99. The van der Waals surface area contributed by atoms with Crippen molar-refractivity contribution < 1.29 is 10.2 Å². The molecule has 0 unspecified atom stereocenters. The Morgan fingerprint density at radius 1 is 0.625 bits per heavy atom. The summed E-state index contributed by atoms with van der Waals surface area (Å²) in [6.07, 6.45) is 0. The number of fused-ring (bicyclic) bond motifs is 2. The molecule has 4 aromatic rings. The molecule has 0 heterocycles. The van der Waals surface area contributed by atoms with Gasteiger partial charge in [0.1, 0.15) is 0 Å². The van der Waals surface area contributed by atoms with Crippen LogP contribution in [0.2, 0.25) is 0 Å². The summed E-state index contributed by atoms with van der Waals surface area (Å²) in [5.41, 5.74) is 3.66. The van der Waals surface area contributed by atoms with Crippen molar-refractivity contribution in [2.24, 2.45) is 0 Å². The highest BCUT2D eigenvalue weighted by Crippen LogP contribution is 2.35. The van der Waals surface area contributed by atoms with Gasteiger partial charge in [-0.3, -0.25) is 0 Å². The molecule has 4 aromatic carbocycles. The Morgan fingerprint density at radius 3 is 2.08 bits per heavy atom. The second-order valence-electron chi connectivity index (χ2n) is 5.99. The van der Waals surface area contributed by atoms with Gasteiger partial charge in [0.2, 0.25) is 0 Å². The zero-order valence-electron chi connectivity index (χ0n) is 13.2. The molecule has 0 aliphatic rings. The predicted octanol–water partition coefficient (Wildman–Crippen LogP) is 4.64. The lowest BCUT2D eigenvalue weighted by molar-refractivity contribution is 0.277. The van der Waals surface area contributed by atoms with Gasteiger partial charge in [-0.2, -0.15) is 0 Å². The molecule has 0 bridgehead atoms. The van der Waals surface area contributed by atoms with E-state index in [0.717, 1.165) is 38.4 Å². The standard InChI is InChI=1S/C22H18O2/c23-13-19-12-17-7-3-4-8-20(17)21(14-24)22(19)18-10-9-15-5-1-2-6-16(15)11-18/h1-12,23-24H,13-14H2. The average molecular weight is 314 g/mol. The van der Waals surface area contributed by atoms with Gasteiger partial charge >= 0.3 is 0 Å². The third-order valence-corrected chi connectivity index (χ3v) is 4.61. The SMILES string of the molecule is OCc1cc2ccccc2c(CO)c1-c1ccc2ccccc2c1. The lowest BCUT2D eigenvalue weighted by Crippen LogP contribution is -1.98. The summed E-state index contributed by atoms with van der Waals surface area (Å²) < 4.78 is 0. The minimum absolute atomic E-state index is 0.0556. The van der Waals surface area contributed by atoms with Crippen molar-refractivity contribution in [3.8, 4) is 11.1 Å². The van der Waals surface area contributed by atoms with Crippen LogP contribution in [0.15, 0.2) is 72.8 Å². The number of benzene rings is 4. The first-order valence-electron chi connectivity index (χ1n) is 8.06. The van der Waals surface area contributed by atoms with Crippen molar-refractivity contribution in [1.82, 2.24) is 0 Å². The molecule has 0 aromatic heterocycles. The first kappa shape index (κ1) is 14.9. The summed E-state index contributed by atoms with van der Waals surface area (Å²) in [6, 6.07) is 24.5. The van der Waals surface area contributed by atoms with Crippen LogP contribution < -0.4 is 0 Å². The van der Waals surface area contributed by atoms with Gasteiger partial charge in [-0.1, -0.05) is 60.7 Å². The molecule has 0 saturated carbocycles. The zero-order chi connectivity index (χ0) is 16.5. The molecule has 0 radical (unpaired) electrons. The van der Waals surface area contributed by atoms with E-state index in [1.165, 1.54) is 5.39 Å². The van der Waals surface area contributed by atoms with Crippen molar-refractivity contribution in [1.29, 1.82) is 0 Å². The maximum atomic E-state index is 10.0. The molecule has 4 rings (SSSR count). The van der Waals surface area contributed by atoms with Gasteiger partial charge in [0.25, 0.3) is 0 Å². The molecule has 0 amide bonds. The van der Waals surface area contributed by atoms with Crippen molar-refractivity contribution in [2.75, 3.05) is 0 Å². The first-order valence-corrected chi connectivity index (χ1v) is 8.06. The van der Waals surface area contributed by atoms with Gasteiger partial charge in [-0.15, -0.1) is 0 Å². The van der Waals surface area contributed by atoms with Gasteiger partial charge in [0.05, 0.1) is 13.2 Å². The van der Waals surface area contributed by atoms with E-state index in [0.29, 0.717) is 0 Å². The third-order valence-electron chi connectivity index (χ3n) is 4.61. The van der Waals surface area contributed by atoms with Crippen LogP contribution in [0.25, 0.3) is 32.7 Å². The molecule has 0 aliphatic carbocycles. The number of aliphatic hydroxyl groups excluding tert-OH is 2. The molecule has 2 heteroatoms. The number of hydrogen-bond donors (Lipinski definition) is 2. The van der Waals surface area contributed by atoms with E-state index < -0.39 is 0 Å². The molecule has 0 atom stereocenters. The van der Waals surface area contributed by atoms with E-state index >= 15 is 0 Å². The van der Waals surface area contributed by atoms with Crippen LogP contribution in [0.3, 0.4) is 0 Å². The lowest BCUT2D eigenvalue weighted by Gasteiger charge is -2.16. The molecule has 0 aliphatic heterocycles. The normalized spacial score (nSPS) is 11.2. The fourth-order valence-electron chi connectivity index (χ4n) is 3.48. The van der Waals surface area contributed by atoms with E-state index in [9.17, 15) is 10.2 Å². The zero-order valence-corrected chi connectivity index (χ0v) is 13.2. The Balaban J connectivity index is 2.06. The van der Waals surface area contributed by atoms with Gasteiger partial charge in [-0.05, 0) is 55.9 Å². The molecule has 118 valence electrons. The summed E-state index contributed by atoms with van der Waals surface area (Å²) in [7, 11) is 0. The summed E-state index contributed by atoms with van der Waals surface area (Å²) in [5.74, 6) is 0. The quantitative estimate of drug-likeness (QED) is 0.578. The Bertz CT molecular complexity index is 1030. The Hall–Kier alpha value is -2.68. The fraction of sp³-hybridized carbons (Fsp3) is 0.0909. The Labute approximate surface area is 140 Å². The fourth-order valence-corrected chi connectivity index (χ4v) is 3.48. The Kier molecular flexibility index (Phi) is 3.77. The molecule has 0 saturated heterocycles. The number of aliphatic hydroxyl groups is 2. The van der Waals surface area contributed by atoms with E-state index in [4.69, 9.17) is 0 Å². The average Bonchev–Trinajstić information content (AvgIpc) is 2.65. The first-order chi connectivity index (χ1) is 11.8. The molecular weight excluding hydrogens is 296 g/mol. The largest absolute Gasteiger partial charge is 0.392 e. The summed E-state index contributed by atoms with van der Waals surface area (Å²) in [6.45, 7) is -0.115. The monoisotopic (exact) mass is 314 g/mol. The molecule has 0 spiro atoms. The van der Waals surface area contributed by atoms with Crippen molar-refractivity contribution >= 4 is 21.5 Å². The van der Waals surface area contributed by atoms with Crippen LogP contribution >= 0.6 is 0 Å². The van der Waals surface area contributed by atoms with E-state index in [1.807, 2.05) is 42.5 Å².